The van der Waals surface area contributed by atoms with E-state index >= 15 is 0 Å². The second-order valence-electron chi connectivity index (χ2n) is 8.89. The predicted molar refractivity (Wildman–Crippen MR) is 124 cm³/mol. The molecule has 0 aliphatic carbocycles. The average molecular weight is 459 g/mol. The van der Waals surface area contributed by atoms with Gasteiger partial charge in [0.05, 0.1) is 29.0 Å². The highest BCUT2D eigenvalue weighted by atomic mass is 35.5. The summed E-state index contributed by atoms with van der Waals surface area (Å²) in [6.07, 6.45) is 3.29. The SMILES string of the molecule is COc1c(B2OC(C)(C)C(C)(C)O2)cc(F)cc1-c1ccc(-n2ccn(C)c2=O)c(Cl)c1. The topological polar surface area (TPSA) is 54.6 Å². The Bertz CT molecular complexity index is 1240. The number of benzene rings is 2. The van der Waals surface area contributed by atoms with Crippen molar-refractivity contribution in [1.29, 1.82) is 0 Å². The Morgan fingerprint density at radius 1 is 1.06 bits per heavy atom. The fraction of sp³-hybridized carbons (Fsp3) is 0.348. The molecule has 32 heavy (non-hydrogen) atoms. The van der Waals surface area contributed by atoms with Crippen LogP contribution < -0.4 is 15.9 Å². The fourth-order valence-corrected chi connectivity index (χ4v) is 3.99. The van der Waals surface area contributed by atoms with E-state index in [0.717, 1.165) is 0 Å². The fourth-order valence-electron chi connectivity index (χ4n) is 3.72. The van der Waals surface area contributed by atoms with Crippen molar-refractivity contribution in [3.8, 4) is 22.6 Å². The second kappa shape index (κ2) is 7.80. The first-order valence-electron chi connectivity index (χ1n) is 10.2. The molecular weight excluding hydrogens is 434 g/mol. The summed E-state index contributed by atoms with van der Waals surface area (Å²) in [5.41, 5.74) is 0.753. The zero-order chi connectivity index (χ0) is 23.4. The molecule has 0 radical (unpaired) electrons. The summed E-state index contributed by atoms with van der Waals surface area (Å²) in [6, 6.07) is 7.92. The molecule has 4 rings (SSSR count). The minimum atomic E-state index is -0.790. The number of imidazole rings is 1. The van der Waals surface area contributed by atoms with Crippen LogP contribution in [0.25, 0.3) is 16.8 Å². The second-order valence-corrected chi connectivity index (χ2v) is 9.30. The normalized spacial score (nSPS) is 17.1. The first-order valence-corrected chi connectivity index (χ1v) is 10.6. The average Bonchev–Trinajstić information content (AvgIpc) is 3.15. The largest absolute Gasteiger partial charge is 0.498 e. The van der Waals surface area contributed by atoms with Crippen LogP contribution >= 0.6 is 11.6 Å². The Labute approximate surface area is 191 Å². The third-order valence-corrected chi connectivity index (χ3v) is 6.56. The van der Waals surface area contributed by atoms with E-state index in [4.69, 9.17) is 25.6 Å². The van der Waals surface area contributed by atoms with E-state index in [1.807, 2.05) is 27.7 Å². The lowest BCUT2D eigenvalue weighted by molar-refractivity contribution is 0.00578. The van der Waals surface area contributed by atoms with Gasteiger partial charge in [0.1, 0.15) is 11.6 Å². The van der Waals surface area contributed by atoms with Gasteiger partial charge in [0.25, 0.3) is 0 Å². The van der Waals surface area contributed by atoms with Crippen molar-refractivity contribution in [1.82, 2.24) is 9.13 Å². The van der Waals surface area contributed by atoms with Gasteiger partial charge < -0.3 is 18.6 Å². The molecule has 1 saturated heterocycles. The van der Waals surface area contributed by atoms with Crippen molar-refractivity contribution < 1.29 is 18.4 Å². The van der Waals surface area contributed by atoms with Crippen LogP contribution in [-0.4, -0.2) is 34.6 Å². The molecule has 1 fully saturated rings. The summed E-state index contributed by atoms with van der Waals surface area (Å²) in [5.74, 6) is -0.0180. The zero-order valence-electron chi connectivity index (χ0n) is 18.9. The highest BCUT2D eigenvalue weighted by Crippen LogP contribution is 2.39. The minimum Gasteiger partial charge on any atom is -0.496 e. The summed E-state index contributed by atoms with van der Waals surface area (Å²) in [5, 5.41) is 0.347. The summed E-state index contributed by atoms with van der Waals surface area (Å²) in [7, 11) is 2.39. The van der Waals surface area contributed by atoms with Crippen molar-refractivity contribution in [3.05, 3.63) is 64.0 Å². The molecule has 0 N–H and O–H groups in total. The molecule has 1 aromatic heterocycles. The first-order chi connectivity index (χ1) is 14.9. The molecule has 6 nitrogen and oxygen atoms in total. The van der Waals surface area contributed by atoms with E-state index in [0.29, 0.717) is 33.0 Å². The lowest BCUT2D eigenvalue weighted by Crippen LogP contribution is -2.41. The number of ether oxygens (including phenoxy) is 1. The lowest BCUT2D eigenvalue weighted by atomic mass is 9.76. The quantitative estimate of drug-likeness (QED) is 0.556. The number of halogens is 2. The summed E-state index contributed by atoms with van der Waals surface area (Å²) < 4.78 is 35.5. The van der Waals surface area contributed by atoms with E-state index in [9.17, 15) is 9.18 Å². The zero-order valence-corrected chi connectivity index (χ0v) is 19.7. The molecular formula is C23H25BClFN2O4. The Morgan fingerprint density at radius 2 is 1.72 bits per heavy atom. The molecule has 9 heteroatoms. The maximum absolute atomic E-state index is 14.7. The molecule has 0 saturated carbocycles. The third-order valence-electron chi connectivity index (χ3n) is 6.26. The molecule has 0 atom stereocenters. The van der Waals surface area contributed by atoms with Gasteiger partial charge in [0.15, 0.2) is 0 Å². The first kappa shape index (κ1) is 22.6. The van der Waals surface area contributed by atoms with Crippen LogP contribution in [0, 0.1) is 5.82 Å². The monoisotopic (exact) mass is 458 g/mol. The van der Waals surface area contributed by atoms with E-state index in [2.05, 4.69) is 0 Å². The van der Waals surface area contributed by atoms with Crippen LogP contribution in [0.4, 0.5) is 4.39 Å². The standard InChI is InChI=1S/C23H25BClFN2O4/c1-22(2)23(3,4)32-24(31-22)17-13-15(26)12-16(20(17)30-6)14-7-8-19(18(25)11-14)28-10-9-27(5)21(28)29/h7-13H,1-6H3. The van der Waals surface area contributed by atoms with Gasteiger partial charge in [0, 0.05) is 30.5 Å². The number of nitrogens with zero attached hydrogens (tertiary/aromatic N) is 2. The van der Waals surface area contributed by atoms with Crippen LogP contribution in [0.15, 0.2) is 47.5 Å². The number of rotatable bonds is 4. The smallest absolute Gasteiger partial charge is 0.496 e. The maximum Gasteiger partial charge on any atom is 0.498 e. The highest BCUT2D eigenvalue weighted by molar-refractivity contribution is 6.63. The van der Waals surface area contributed by atoms with Gasteiger partial charge in [0.2, 0.25) is 0 Å². The van der Waals surface area contributed by atoms with Crippen LogP contribution in [0.1, 0.15) is 27.7 Å². The minimum absolute atomic E-state index is 0.217. The van der Waals surface area contributed by atoms with Gasteiger partial charge in [-0.25, -0.2) is 9.18 Å². The molecule has 0 amide bonds. The summed E-state index contributed by atoms with van der Waals surface area (Å²) in [6.45, 7) is 7.74. The number of methoxy groups -OCH3 is 1. The molecule has 0 unspecified atom stereocenters. The molecule has 2 heterocycles. The summed E-state index contributed by atoms with van der Waals surface area (Å²) >= 11 is 6.52. The van der Waals surface area contributed by atoms with Gasteiger partial charge >= 0.3 is 12.8 Å². The van der Waals surface area contributed by atoms with Crippen molar-refractivity contribution >= 4 is 24.2 Å². The van der Waals surface area contributed by atoms with Crippen LogP contribution in [0.5, 0.6) is 5.75 Å². The molecule has 3 aromatic rings. The lowest BCUT2D eigenvalue weighted by Gasteiger charge is -2.32. The number of aryl methyl sites for hydroxylation is 1. The molecule has 0 spiro atoms. The van der Waals surface area contributed by atoms with Gasteiger partial charge in [-0.15, -0.1) is 0 Å². The molecule has 168 valence electrons. The van der Waals surface area contributed by atoms with Crippen molar-refractivity contribution in [2.24, 2.45) is 7.05 Å². The van der Waals surface area contributed by atoms with Gasteiger partial charge in [-0.3, -0.25) is 4.57 Å². The summed E-state index contributed by atoms with van der Waals surface area (Å²) in [4.78, 5) is 12.3. The predicted octanol–water partition coefficient (Wildman–Crippen LogP) is 3.94. The number of hydrogen-bond donors (Lipinski definition) is 0. The van der Waals surface area contributed by atoms with Crippen molar-refractivity contribution in [2.45, 2.75) is 38.9 Å². The Hall–Kier alpha value is -2.55. The highest BCUT2D eigenvalue weighted by Gasteiger charge is 2.52. The Morgan fingerprint density at radius 3 is 2.25 bits per heavy atom. The van der Waals surface area contributed by atoms with Gasteiger partial charge in [-0.1, -0.05) is 17.7 Å². The van der Waals surface area contributed by atoms with Crippen LogP contribution in [0.2, 0.25) is 5.02 Å². The number of aromatic nitrogens is 2. The van der Waals surface area contributed by atoms with Crippen LogP contribution in [-0.2, 0) is 16.4 Å². The molecule has 1 aliphatic heterocycles. The van der Waals surface area contributed by atoms with Crippen molar-refractivity contribution in [2.75, 3.05) is 7.11 Å². The van der Waals surface area contributed by atoms with Crippen molar-refractivity contribution in [3.63, 3.8) is 0 Å². The number of hydrogen-bond acceptors (Lipinski definition) is 4. The maximum atomic E-state index is 14.7. The van der Waals surface area contributed by atoms with E-state index in [-0.39, 0.29) is 5.69 Å². The van der Waals surface area contributed by atoms with Crippen LogP contribution in [0.3, 0.4) is 0 Å². The van der Waals surface area contributed by atoms with E-state index in [1.165, 1.54) is 28.4 Å². The molecule has 2 aromatic carbocycles. The third kappa shape index (κ3) is 3.66. The molecule has 1 aliphatic rings. The van der Waals surface area contributed by atoms with E-state index < -0.39 is 24.1 Å². The van der Waals surface area contributed by atoms with E-state index in [1.54, 1.807) is 37.6 Å². The Balaban J connectivity index is 1.81. The van der Waals surface area contributed by atoms with Gasteiger partial charge in [-0.2, -0.15) is 0 Å². The van der Waals surface area contributed by atoms with Gasteiger partial charge in [-0.05, 0) is 57.5 Å². The Kier molecular flexibility index (Phi) is 5.52. The molecule has 0 bridgehead atoms.